The molecule has 1 rings (SSSR count). The Labute approximate surface area is 120 Å². The molecule has 0 unspecified atom stereocenters. The lowest BCUT2D eigenvalue weighted by Crippen LogP contribution is -2.08. The maximum absolute atomic E-state index is 6.23. The summed E-state index contributed by atoms with van der Waals surface area (Å²) < 4.78 is 10.8. The maximum Gasteiger partial charge on any atom is 0.179 e. The third-order valence-corrected chi connectivity index (χ3v) is 3.15. The van der Waals surface area contributed by atoms with E-state index in [4.69, 9.17) is 26.8 Å². The summed E-state index contributed by atoms with van der Waals surface area (Å²) in [6.45, 7) is 7.23. The van der Waals surface area contributed by atoms with Crippen molar-refractivity contribution in [2.24, 2.45) is 11.7 Å². The molecule has 106 valence electrons. The van der Waals surface area contributed by atoms with Crippen molar-refractivity contribution >= 4 is 17.7 Å². The number of hydrogen-bond donors (Lipinski definition) is 1. The molecule has 3 nitrogen and oxygen atoms in total. The van der Waals surface area contributed by atoms with Crippen LogP contribution in [0.1, 0.15) is 26.3 Å². The minimum absolute atomic E-state index is 0.404. The van der Waals surface area contributed by atoms with E-state index in [1.807, 2.05) is 19.1 Å². The van der Waals surface area contributed by atoms with E-state index >= 15 is 0 Å². The summed E-state index contributed by atoms with van der Waals surface area (Å²) in [5.74, 6) is 1.63. The van der Waals surface area contributed by atoms with Gasteiger partial charge in [0.2, 0.25) is 0 Å². The SMILES string of the molecule is CCOc1c(Cl)cc(C=C(CN)C(C)C)cc1OC. The van der Waals surface area contributed by atoms with Crippen LogP contribution >= 0.6 is 11.6 Å². The first-order chi connectivity index (χ1) is 9.03. The van der Waals surface area contributed by atoms with Gasteiger partial charge in [-0.05, 0) is 30.5 Å². The molecule has 0 heterocycles. The Bertz CT molecular complexity index is 456. The molecule has 0 aliphatic carbocycles. The summed E-state index contributed by atoms with van der Waals surface area (Å²) in [6.07, 6.45) is 2.05. The van der Waals surface area contributed by atoms with E-state index in [-0.39, 0.29) is 0 Å². The molecule has 0 saturated carbocycles. The summed E-state index contributed by atoms with van der Waals surface area (Å²) in [4.78, 5) is 0. The molecular weight excluding hydrogens is 262 g/mol. The van der Waals surface area contributed by atoms with Gasteiger partial charge in [-0.1, -0.05) is 37.1 Å². The van der Waals surface area contributed by atoms with E-state index in [9.17, 15) is 0 Å². The van der Waals surface area contributed by atoms with E-state index < -0.39 is 0 Å². The Morgan fingerprint density at radius 3 is 2.58 bits per heavy atom. The predicted octanol–water partition coefficient (Wildman–Crippen LogP) is 3.75. The summed E-state index contributed by atoms with van der Waals surface area (Å²) in [6, 6.07) is 3.78. The number of nitrogens with two attached hydrogens (primary N) is 1. The van der Waals surface area contributed by atoms with Crippen molar-refractivity contribution in [2.45, 2.75) is 20.8 Å². The first-order valence-electron chi connectivity index (χ1n) is 6.44. The molecule has 4 heteroatoms. The van der Waals surface area contributed by atoms with Crippen LogP contribution in [0.5, 0.6) is 11.5 Å². The highest BCUT2D eigenvalue weighted by Crippen LogP contribution is 2.37. The third kappa shape index (κ3) is 4.15. The van der Waals surface area contributed by atoms with Crippen molar-refractivity contribution < 1.29 is 9.47 Å². The van der Waals surface area contributed by atoms with Crippen molar-refractivity contribution in [3.63, 3.8) is 0 Å². The second kappa shape index (κ2) is 7.41. The molecule has 1 aromatic carbocycles. The number of rotatable bonds is 6. The highest BCUT2D eigenvalue weighted by Gasteiger charge is 2.11. The average Bonchev–Trinajstić information content (AvgIpc) is 2.38. The average molecular weight is 284 g/mol. The highest BCUT2D eigenvalue weighted by molar-refractivity contribution is 6.32. The fourth-order valence-electron chi connectivity index (χ4n) is 1.78. The van der Waals surface area contributed by atoms with Crippen molar-refractivity contribution in [1.82, 2.24) is 0 Å². The van der Waals surface area contributed by atoms with Gasteiger partial charge in [-0.15, -0.1) is 0 Å². The Morgan fingerprint density at radius 1 is 1.42 bits per heavy atom. The van der Waals surface area contributed by atoms with Gasteiger partial charge < -0.3 is 15.2 Å². The van der Waals surface area contributed by atoms with E-state index in [2.05, 4.69) is 19.9 Å². The van der Waals surface area contributed by atoms with Crippen molar-refractivity contribution in [1.29, 1.82) is 0 Å². The molecule has 0 aliphatic rings. The fraction of sp³-hybridized carbons (Fsp3) is 0.467. The predicted molar refractivity (Wildman–Crippen MR) is 81.0 cm³/mol. The molecule has 0 aromatic heterocycles. The van der Waals surface area contributed by atoms with Crippen LogP contribution < -0.4 is 15.2 Å². The second-order valence-electron chi connectivity index (χ2n) is 4.55. The van der Waals surface area contributed by atoms with Gasteiger partial charge in [-0.25, -0.2) is 0 Å². The fourth-order valence-corrected chi connectivity index (χ4v) is 2.06. The Balaban J connectivity index is 3.21. The Morgan fingerprint density at radius 2 is 2.11 bits per heavy atom. The van der Waals surface area contributed by atoms with Gasteiger partial charge in [-0.2, -0.15) is 0 Å². The van der Waals surface area contributed by atoms with Gasteiger partial charge in [0, 0.05) is 6.54 Å². The number of hydrogen-bond acceptors (Lipinski definition) is 3. The van der Waals surface area contributed by atoms with E-state index in [1.54, 1.807) is 7.11 Å². The zero-order valence-electron chi connectivity index (χ0n) is 12.0. The van der Waals surface area contributed by atoms with Gasteiger partial charge in [0.05, 0.1) is 18.7 Å². The normalized spacial score (nSPS) is 11.8. The summed E-state index contributed by atoms with van der Waals surface area (Å²) in [5, 5.41) is 0.549. The van der Waals surface area contributed by atoms with Gasteiger partial charge >= 0.3 is 0 Å². The minimum Gasteiger partial charge on any atom is -0.493 e. The molecule has 0 fully saturated rings. The smallest absolute Gasteiger partial charge is 0.179 e. The topological polar surface area (TPSA) is 44.5 Å². The maximum atomic E-state index is 6.23. The summed E-state index contributed by atoms with van der Waals surface area (Å²) >= 11 is 6.23. The standard InChI is InChI=1S/C15H22ClNO2/c1-5-19-15-13(16)7-11(8-14(15)18-4)6-12(9-17)10(2)3/h6-8,10H,5,9,17H2,1-4H3. The minimum atomic E-state index is 0.404. The van der Waals surface area contributed by atoms with Gasteiger partial charge in [-0.3, -0.25) is 0 Å². The van der Waals surface area contributed by atoms with Crippen molar-refractivity contribution in [3.05, 3.63) is 28.3 Å². The lowest BCUT2D eigenvalue weighted by molar-refractivity contribution is 0.311. The highest BCUT2D eigenvalue weighted by atomic mass is 35.5. The van der Waals surface area contributed by atoms with E-state index in [0.29, 0.717) is 35.6 Å². The molecule has 0 spiro atoms. The van der Waals surface area contributed by atoms with Crippen molar-refractivity contribution in [3.8, 4) is 11.5 Å². The van der Waals surface area contributed by atoms with Gasteiger partial charge in [0.25, 0.3) is 0 Å². The van der Waals surface area contributed by atoms with Gasteiger partial charge in [0.1, 0.15) is 0 Å². The third-order valence-electron chi connectivity index (χ3n) is 2.87. The number of benzene rings is 1. The Hall–Kier alpha value is -1.19. The lowest BCUT2D eigenvalue weighted by atomic mass is 10.0. The monoisotopic (exact) mass is 283 g/mol. The second-order valence-corrected chi connectivity index (χ2v) is 4.95. The first-order valence-corrected chi connectivity index (χ1v) is 6.82. The van der Waals surface area contributed by atoms with E-state index in [0.717, 1.165) is 5.56 Å². The number of methoxy groups -OCH3 is 1. The summed E-state index contributed by atoms with van der Waals surface area (Å²) in [5.41, 5.74) is 7.89. The van der Waals surface area contributed by atoms with E-state index in [1.165, 1.54) is 5.57 Å². The zero-order chi connectivity index (χ0) is 14.4. The molecule has 0 aliphatic heterocycles. The van der Waals surface area contributed by atoms with Crippen LogP contribution in [-0.2, 0) is 0 Å². The van der Waals surface area contributed by atoms with Crippen molar-refractivity contribution in [2.75, 3.05) is 20.3 Å². The molecule has 19 heavy (non-hydrogen) atoms. The van der Waals surface area contributed by atoms with Crippen LogP contribution in [-0.4, -0.2) is 20.3 Å². The molecule has 0 saturated heterocycles. The lowest BCUT2D eigenvalue weighted by Gasteiger charge is -2.13. The van der Waals surface area contributed by atoms with Crippen LogP contribution in [0.4, 0.5) is 0 Å². The van der Waals surface area contributed by atoms with Crippen LogP contribution in [0.15, 0.2) is 17.7 Å². The van der Waals surface area contributed by atoms with Crippen LogP contribution in [0.3, 0.4) is 0 Å². The molecule has 2 N–H and O–H groups in total. The first kappa shape index (κ1) is 15.9. The summed E-state index contributed by atoms with van der Waals surface area (Å²) in [7, 11) is 1.61. The number of halogens is 1. The van der Waals surface area contributed by atoms with Crippen LogP contribution in [0.25, 0.3) is 6.08 Å². The molecule has 1 aromatic rings. The largest absolute Gasteiger partial charge is 0.493 e. The number of ether oxygens (including phenoxy) is 2. The molecule has 0 amide bonds. The van der Waals surface area contributed by atoms with Gasteiger partial charge in [0.15, 0.2) is 11.5 Å². The molecule has 0 radical (unpaired) electrons. The Kier molecular flexibility index (Phi) is 6.19. The zero-order valence-corrected chi connectivity index (χ0v) is 12.8. The molecule has 0 bridgehead atoms. The molecular formula is C15H22ClNO2. The van der Waals surface area contributed by atoms with Crippen LogP contribution in [0.2, 0.25) is 5.02 Å². The molecule has 0 atom stereocenters. The quantitative estimate of drug-likeness (QED) is 0.865. The van der Waals surface area contributed by atoms with Crippen LogP contribution in [0, 0.1) is 5.92 Å².